The van der Waals surface area contributed by atoms with E-state index in [0.717, 1.165) is 5.56 Å². The average Bonchev–Trinajstić information content (AvgIpc) is 2.94. The molecule has 3 N–H and O–H groups in total. The van der Waals surface area contributed by atoms with Gasteiger partial charge < -0.3 is 5.32 Å². The second-order valence-electron chi connectivity index (χ2n) is 4.41. The van der Waals surface area contributed by atoms with Gasteiger partial charge in [-0.25, -0.2) is 13.1 Å². The van der Waals surface area contributed by atoms with Crippen molar-refractivity contribution in [3.8, 4) is 0 Å². The zero-order valence-electron chi connectivity index (χ0n) is 11.5. The maximum Gasteiger partial charge on any atom is 0.242 e. The fraction of sp³-hybridized carbons (Fsp3) is 0.364. The maximum atomic E-state index is 12.4. The van der Waals surface area contributed by atoms with E-state index in [2.05, 4.69) is 30.7 Å². The first kappa shape index (κ1) is 15.8. The molecule has 0 fully saturated rings. The van der Waals surface area contributed by atoms with Gasteiger partial charge in [0.1, 0.15) is 4.90 Å². The van der Waals surface area contributed by atoms with Crippen molar-refractivity contribution < 1.29 is 8.42 Å². The molecule has 1 aromatic heterocycles. The van der Waals surface area contributed by atoms with Gasteiger partial charge in [-0.3, -0.25) is 0 Å². The molecular weight excluding hydrogens is 316 g/mol. The molecule has 8 nitrogen and oxygen atoms in total. The summed E-state index contributed by atoms with van der Waals surface area (Å²) in [5.74, 6) is 0.251. The second kappa shape index (κ2) is 6.48. The van der Waals surface area contributed by atoms with Crippen molar-refractivity contribution >= 4 is 21.6 Å². The summed E-state index contributed by atoms with van der Waals surface area (Å²) in [5, 5.41) is 16.3. The van der Waals surface area contributed by atoms with E-state index in [9.17, 15) is 8.42 Å². The van der Waals surface area contributed by atoms with Crippen LogP contribution in [-0.2, 0) is 16.6 Å². The number of halogens is 1. The van der Waals surface area contributed by atoms with Crippen LogP contribution in [0.1, 0.15) is 24.4 Å². The Labute approximate surface area is 127 Å². The molecule has 21 heavy (non-hydrogen) atoms. The molecule has 0 amide bonds. The van der Waals surface area contributed by atoms with Gasteiger partial charge in [-0.2, -0.15) is 5.21 Å². The normalized spacial score (nSPS) is 13.3. The standard InChI is InChI=1S/C11H15ClN6O2S/c1-7(11-14-17-18-15-11)16-21(19,20)10-5-8(6-13-2)3-4-9(10)12/h3-5,7,13,16H,6H2,1-2H3,(H,14,15,17,18). The summed E-state index contributed by atoms with van der Waals surface area (Å²) in [5.41, 5.74) is 0.814. The smallest absolute Gasteiger partial charge is 0.242 e. The van der Waals surface area contributed by atoms with Crippen molar-refractivity contribution in [2.24, 2.45) is 0 Å². The Hall–Kier alpha value is -1.55. The second-order valence-corrected chi connectivity index (χ2v) is 6.50. The molecule has 0 aliphatic heterocycles. The molecule has 1 aromatic carbocycles. The molecule has 0 bridgehead atoms. The first-order chi connectivity index (χ1) is 9.94. The number of benzene rings is 1. The van der Waals surface area contributed by atoms with Crippen LogP contribution < -0.4 is 10.0 Å². The first-order valence-corrected chi connectivity index (χ1v) is 7.99. The molecule has 114 valence electrons. The van der Waals surface area contributed by atoms with Gasteiger partial charge in [0.05, 0.1) is 11.1 Å². The molecule has 0 aliphatic carbocycles. The lowest BCUT2D eigenvalue weighted by atomic mass is 10.2. The molecule has 1 unspecified atom stereocenters. The van der Waals surface area contributed by atoms with Crippen LogP contribution in [-0.4, -0.2) is 36.1 Å². The Morgan fingerprint density at radius 3 is 2.81 bits per heavy atom. The SMILES string of the molecule is CNCc1ccc(Cl)c(S(=O)(=O)NC(C)c2nn[nH]n2)c1. The first-order valence-electron chi connectivity index (χ1n) is 6.12. The number of nitrogens with one attached hydrogen (secondary N) is 3. The number of rotatable bonds is 6. The fourth-order valence-corrected chi connectivity index (χ4v) is 3.52. The zero-order valence-corrected chi connectivity index (χ0v) is 13.0. The minimum atomic E-state index is -3.79. The van der Waals surface area contributed by atoms with Crippen LogP contribution in [0.2, 0.25) is 5.02 Å². The molecular formula is C11H15ClN6O2S. The van der Waals surface area contributed by atoms with Gasteiger partial charge >= 0.3 is 0 Å². The molecule has 2 rings (SSSR count). The van der Waals surface area contributed by atoms with Crippen molar-refractivity contribution in [2.75, 3.05) is 7.05 Å². The van der Waals surface area contributed by atoms with E-state index < -0.39 is 16.1 Å². The van der Waals surface area contributed by atoms with Crippen LogP contribution in [0.3, 0.4) is 0 Å². The molecule has 0 saturated heterocycles. The van der Waals surface area contributed by atoms with Crippen molar-refractivity contribution in [1.29, 1.82) is 0 Å². The minimum Gasteiger partial charge on any atom is -0.316 e. The predicted octanol–water partition coefficient (Wildman–Crippen LogP) is 0.612. The van der Waals surface area contributed by atoms with E-state index in [1.54, 1.807) is 26.1 Å². The summed E-state index contributed by atoms with van der Waals surface area (Å²) in [7, 11) is -2.01. The molecule has 1 atom stereocenters. The van der Waals surface area contributed by atoms with E-state index in [1.165, 1.54) is 6.07 Å². The van der Waals surface area contributed by atoms with E-state index in [1.807, 2.05) is 0 Å². The molecule has 2 aromatic rings. The van der Waals surface area contributed by atoms with Gasteiger partial charge in [0.2, 0.25) is 10.0 Å². The van der Waals surface area contributed by atoms with Crippen molar-refractivity contribution in [3.63, 3.8) is 0 Å². The summed E-state index contributed by atoms with van der Waals surface area (Å²) in [6.07, 6.45) is 0. The van der Waals surface area contributed by atoms with E-state index in [4.69, 9.17) is 11.6 Å². The van der Waals surface area contributed by atoms with E-state index >= 15 is 0 Å². The van der Waals surface area contributed by atoms with Crippen LogP contribution in [0, 0.1) is 0 Å². The third-order valence-corrected chi connectivity index (χ3v) is 4.77. The highest BCUT2D eigenvalue weighted by molar-refractivity contribution is 7.89. The van der Waals surface area contributed by atoms with E-state index in [0.29, 0.717) is 6.54 Å². The van der Waals surface area contributed by atoms with Crippen molar-refractivity contribution in [3.05, 3.63) is 34.6 Å². The Morgan fingerprint density at radius 2 is 2.19 bits per heavy atom. The maximum absolute atomic E-state index is 12.4. The lowest BCUT2D eigenvalue weighted by Gasteiger charge is -2.13. The Bertz CT molecular complexity index is 704. The number of H-pyrrole nitrogens is 1. The minimum absolute atomic E-state index is 0.0206. The number of aromatic nitrogens is 4. The fourth-order valence-electron chi connectivity index (χ4n) is 1.77. The largest absolute Gasteiger partial charge is 0.316 e. The van der Waals surface area contributed by atoms with E-state index in [-0.39, 0.29) is 15.7 Å². The van der Waals surface area contributed by atoms with Crippen LogP contribution in [0.15, 0.2) is 23.1 Å². The molecule has 0 aliphatic rings. The van der Waals surface area contributed by atoms with Crippen molar-refractivity contribution in [2.45, 2.75) is 24.4 Å². The highest BCUT2D eigenvalue weighted by Crippen LogP contribution is 2.24. The molecule has 0 saturated carbocycles. The van der Waals surface area contributed by atoms with Gasteiger partial charge in [-0.15, -0.1) is 10.2 Å². The number of hydrogen-bond donors (Lipinski definition) is 3. The molecule has 10 heteroatoms. The number of tetrazole rings is 1. The molecule has 1 heterocycles. The summed E-state index contributed by atoms with van der Waals surface area (Å²) in [4.78, 5) is 0.0206. The number of nitrogens with zero attached hydrogens (tertiary/aromatic N) is 3. The number of hydrogen-bond acceptors (Lipinski definition) is 6. The third kappa shape index (κ3) is 3.76. The molecule has 0 radical (unpaired) electrons. The molecule has 0 spiro atoms. The Balaban J connectivity index is 2.28. The van der Waals surface area contributed by atoms with Gasteiger partial charge in [-0.1, -0.05) is 22.9 Å². The summed E-state index contributed by atoms with van der Waals surface area (Å²) < 4.78 is 27.3. The van der Waals surface area contributed by atoms with Gasteiger partial charge in [0.15, 0.2) is 5.82 Å². The summed E-state index contributed by atoms with van der Waals surface area (Å²) in [6, 6.07) is 4.23. The average molecular weight is 331 g/mol. The predicted molar refractivity (Wildman–Crippen MR) is 77.1 cm³/mol. The Kier molecular flexibility index (Phi) is 4.88. The lowest BCUT2D eigenvalue weighted by molar-refractivity contribution is 0.560. The van der Waals surface area contributed by atoms with Crippen LogP contribution in [0.25, 0.3) is 0 Å². The quantitative estimate of drug-likeness (QED) is 0.715. The van der Waals surface area contributed by atoms with Crippen LogP contribution in [0.4, 0.5) is 0 Å². The van der Waals surface area contributed by atoms with Gasteiger partial charge in [0.25, 0.3) is 0 Å². The third-order valence-electron chi connectivity index (χ3n) is 2.75. The summed E-state index contributed by atoms with van der Waals surface area (Å²) in [6.45, 7) is 2.16. The highest BCUT2D eigenvalue weighted by Gasteiger charge is 2.23. The topological polar surface area (TPSA) is 113 Å². The number of aromatic amines is 1. The van der Waals surface area contributed by atoms with Gasteiger partial charge in [-0.05, 0) is 31.7 Å². The zero-order chi connectivity index (χ0) is 15.5. The highest BCUT2D eigenvalue weighted by atomic mass is 35.5. The monoisotopic (exact) mass is 330 g/mol. The van der Waals surface area contributed by atoms with Crippen LogP contribution in [0.5, 0.6) is 0 Å². The Morgan fingerprint density at radius 1 is 1.43 bits per heavy atom. The number of sulfonamides is 1. The van der Waals surface area contributed by atoms with Crippen LogP contribution >= 0.6 is 11.6 Å². The van der Waals surface area contributed by atoms with Gasteiger partial charge in [0, 0.05) is 6.54 Å². The van der Waals surface area contributed by atoms with Crippen molar-refractivity contribution in [1.82, 2.24) is 30.7 Å². The summed E-state index contributed by atoms with van der Waals surface area (Å²) >= 11 is 6.00. The lowest BCUT2D eigenvalue weighted by Crippen LogP contribution is -2.28.